The lowest BCUT2D eigenvalue weighted by Crippen LogP contribution is -2.51. The lowest BCUT2D eigenvalue weighted by molar-refractivity contribution is -0.0446. The first-order valence-corrected chi connectivity index (χ1v) is 6.95. The molecular formula is C14H16ClNO3. The highest BCUT2D eigenvalue weighted by Crippen LogP contribution is 2.32. The van der Waals surface area contributed by atoms with Crippen molar-refractivity contribution in [1.82, 2.24) is 4.90 Å². The number of hydrogen-bond acceptors (Lipinski definition) is 3. The summed E-state index contributed by atoms with van der Waals surface area (Å²) >= 11 is 5.90. The molecule has 1 aliphatic carbocycles. The van der Waals surface area contributed by atoms with Gasteiger partial charge in [-0.3, -0.25) is 4.79 Å². The van der Waals surface area contributed by atoms with E-state index in [0.29, 0.717) is 18.2 Å². The van der Waals surface area contributed by atoms with Crippen LogP contribution in [-0.4, -0.2) is 41.2 Å². The number of carbonyl (C=O) groups excluding carboxylic acids is 1. The van der Waals surface area contributed by atoms with Crippen LogP contribution in [0, 0.1) is 0 Å². The Morgan fingerprint density at radius 2 is 2.26 bits per heavy atom. The quantitative estimate of drug-likeness (QED) is 0.860. The fourth-order valence-electron chi connectivity index (χ4n) is 3.01. The first-order chi connectivity index (χ1) is 9.16. The Morgan fingerprint density at radius 1 is 1.42 bits per heavy atom. The molecule has 1 aromatic carbocycles. The van der Waals surface area contributed by atoms with E-state index in [-0.39, 0.29) is 29.4 Å². The second-order valence-corrected chi connectivity index (χ2v) is 5.50. The van der Waals surface area contributed by atoms with Gasteiger partial charge in [-0.05, 0) is 37.5 Å². The molecule has 0 bridgehead atoms. The van der Waals surface area contributed by atoms with Gasteiger partial charge in [0.05, 0.1) is 24.3 Å². The van der Waals surface area contributed by atoms with Crippen molar-refractivity contribution in [3.8, 4) is 5.75 Å². The number of morpholine rings is 1. The summed E-state index contributed by atoms with van der Waals surface area (Å²) < 4.78 is 5.69. The molecule has 2 aliphatic rings. The molecule has 5 heteroatoms. The Balaban J connectivity index is 1.88. The summed E-state index contributed by atoms with van der Waals surface area (Å²) in [6, 6.07) is 4.70. The number of ether oxygens (including phenoxy) is 1. The number of amides is 1. The van der Waals surface area contributed by atoms with Crippen molar-refractivity contribution in [2.75, 3.05) is 13.2 Å². The predicted molar refractivity (Wildman–Crippen MR) is 71.5 cm³/mol. The van der Waals surface area contributed by atoms with Crippen LogP contribution in [0.5, 0.6) is 5.75 Å². The average molecular weight is 282 g/mol. The van der Waals surface area contributed by atoms with Crippen LogP contribution in [0.15, 0.2) is 18.2 Å². The lowest BCUT2D eigenvalue weighted by atomic mass is 10.1. The maximum absolute atomic E-state index is 12.6. The average Bonchev–Trinajstić information content (AvgIpc) is 2.89. The van der Waals surface area contributed by atoms with Gasteiger partial charge in [0.25, 0.3) is 5.91 Å². The van der Waals surface area contributed by atoms with Crippen LogP contribution < -0.4 is 0 Å². The molecule has 1 aromatic rings. The maximum atomic E-state index is 12.6. The number of benzene rings is 1. The Labute approximate surface area is 116 Å². The zero-order valence-corrected chi connectivity index (χ0v) is 11.3. The first kappa shape index (κ1) is 12.8. The van der Waals surface area contributed by atoms with E-state index in [1.54, 1.807) is 6.07 Å². The molecule has 2 unspecified atom stereocenters. The van der Waals surface area contributed by atoms with Crippen molar-refractivity contribution in [1.29, 1.82) is 0 Å². The fourth-order valence-corrected chi connectivity index (χ4v) is 3.18. The minimum Gasteiger partial charge on any atom is -0.507 e. The molecule has 1 aliphatic heterocycles. The number of phenols is 1. The van der Waals surface area contributed by atoms with Crippen LogP contribution in [0.25, 0.3) is 0 Å². The molecule has 2 fully saturated rings. The van der Waals surface area contributed by atoms with Crippen LogP contribution in [-0.2, 0) is 4.74 Å². The molecule has 2 atom stereocenters. The molecule has 1 saturated carbocycles. The number of hydrogen-bond donors (Lipinski definition) is 1. The normalized spacial score (nSPS) is 26.3. The summed E-state index contributed by atoms with van der Waals surface area (Å²) in [4.78, 5) is 14.4. The zero-order valence-electron chi connectivity index (χ0n) is 10.5. The van der Waals surface area contributed by atoms with Crippen LogP contribution in [0.1, 0.15) is 29.6 Å². The molecule has 1 saturated heterocycles. The summed E-state index contributed by atoms with van der Waals surface area (Å²) in [5, 5.41) is 10.3. The largest absolute Gasteiger partial charge is 0.507 e. The van der Waals surface area contributed by atoms with Crippen LogP contribution in [0.2, 0.25) is 5.02 Å². The fraction of sp³-hybridized carbons (Fsp3) is 0.500. The van der Waals surface area contributed by atoms with Crippen molar-refractivity contribution in [3.63, 3.8) is 0 Å². The first-order valence-electron chi connectivity index (χ1n) is 6.58. The molecule has 0 radical (unpaired) electrons. The van der Waals surface area contributed by atoms with Gasteiger partial charge in [0.1, 0.15) is 5.75 Å². The van der Waals surface area contributed by atoms with Crippen molar-refractivity contribution < 1.29 is 14.6 Å². The summed E-state index contributed by atoms with van der Waals surface area (Å²) in [6.45, 7) is 1.14. The van der Waals surface area contributed by atoms with Crippen LogP contribution in [0.3, 0.4) is 0 Å². The topological polar surface area (TPSA) is 49.8 Å². The number of aromatic hydroxyl groups is 1. The zero-order chi connectivity index (χ0) is 13.4. The predicted octanol–water partition coefficient (Wildman–Crippen LogP) is 2.44. The van der Waals surface area contributed by atoms with Crippen molar-refractivity contribution >= 4 is 17.5 Å². The van der Waals surface area contributed by atoms with Gasteiger partial charge in [-0.1, -0.05) is 11.6 Å². The number of nitrogens with zero attached hydrogens (tertiary/aromatic N) is 1. The Morgan fingerprint density at radius 3 is 3.11 bits per heavy atom. The Kier molecular flexibility index (Phi) is 3.37. The smallest absolute Gasteiger partial charge is 0.258 e. The molecule has 4 nitrogen and oxygen atoms in total. The highest BCUT2D eigenvalue weighted by molar-refractivity contribution is 6.31. The summed E-state index contributed by atoms with van der Waals surface area (Å²) in [7, 11) is 0. The summed E-state index contributed by atoms with van der Waals surface area (Å²) in [5.41, 5.74) is 0.278. The second kappa shape index (κ2) is 5.02. The summed E-state index contributed by atoms with van der Waals surface area (Å²) in [5.74, 6) is -0.171. The molecule has 0 spiro atoms. The second-order valence-electron chi connectivity index (χ2n) is 5.07. The minimum atomic E-state index is -0.153. The number of halogens is 1. The van der Waals surface area contributed by atoms with Gasteiger partial charge < -0.3 is 14.7 Å². The van der Waals surface area contributed by atoms with E-state index in [0.717, 1.165) is 19.3 Å². The molecule has 1 amide bonds. The van der Waals surface area contributed by atoms with Gasteiger partial charge in [-0.2, -0.15) is 0 Å². The molecule has 102 valence electrons. The van der Waals surface area contributed by atoms with Gasteiger partial charge in [-0.15, -0.1) is 0 Å². The minimum absolute atomic E-state index is 0.0181. The van der Waals surface area contributed by atoms with Crippen molar-refractivity contribution in [2.24, 2.45) is 0 Å². The third-order valence-corrected chi connectivity index (χ3v) is 4.17. The van der Waals surface area contributed by atoms with E-state index >= 15 is 0 Å². The summed E-state index contributed by atoms with van der Waals surface area (Å²) in [6.07, 6.45) is 3.22. The number of carbonyl (C=O) groups is 1. The van der Waals surface area contributed by atoms with Gasteiger partial charge in [0, 0.05) is 11.6 Å². The van der Waals surface area contributed by atoms with Crippen molar-refractivity contribution in [2.45, 2.75) is 31.4 Å². The highest BCUT2D eigenvalue weighted by Gasteiger charge is 2.39. The van der Waals surface area contributed by atoms with Gasteiger partial charge in [0.2, 0.25) is 0 Å². The van der Waals surface area contributed by atoms with Gasteiger partial charge in [-0.25, -0.2) is 0 Å². The monoisotopic (exact) mass is 281 g/mol. The highest BCUT2D eigenvalue weighted by atomic mass is 35.5. The molecule has 3 rings (SSSR count). The van der Waals surface area contributed by atoms with E-state index in [2.05, 4.69) is 0 Å². The third kappa shape index (κ3) is 2.30. The Bertz CT molecular complexity index is 505. The number of fused-ring (bicyclic) bond motifs is 1. The van der Waals surface area contributed by atoms with E-state index in [4.69, 9.17) is 16.3 Å². The standard InChI is InChI=1S/C14H16ClNO3/c15-9-4-5-12(17)10(8-9)14(18)16-6-7-19-13-3-1-2-11(13)16/h4-5,8,11,13,17H,1-3,6-7H2. The molecule has 1 N–H and O–H groups in total. The Hall–Kier alpha value is -1.26. The maximum Gasteiger partial charge on any atom is 0.258 e. The molecule has 0 aromatic heterocycles. The van der Waals surface area contributed by atoms with E-state index < -0.39 is 0 Å². The van der Waals surface area contributed by atoms with Crippen molar-refractivity contribution in [3.05, 3.63) is 28.8 Å². The SMILES string of the molecule is O=C(c1cc(Cl)ccc1O)N1CCOC2CCCC21. The van der Waals surface area contributed by atoms with E-state index in [1.165, 1.54) is 12.1 Å². The molecular weight excluding hydrogens is 266 g/mol. The van der Waals surface area contributed by atoms with Crippen LogP contribution in [0.4, 0.5) is 0 Å². The van der Waals surface area contributed by atoms with Gasteiger partial charge >= 0.3 is 0 Å². The number of rotatable bonds is 1. The third-order valence-electron chi connectivity index (χ3n) is 3.93. The van der Waals surface area contributed by atoms with E-state index in [1.807, 2.05) is 4.90 Å². The lowest BCUT2D eigenvalue weighted by Gasteiger charge is -2.37. The number of phenolic OH excluding ortho intramolecular Hbond substituents is 1. The van der Waals surface area contributed by atoms with Crippen LogP contribution >= 0.6 is 11.6 Å². The molecule has 1 heterocycles. The molecule has 19 heavy (non-hydrogen) atoms. The van der Waals surface area contributed by atoms with Gasteiger partial charge in [0.15, 0.2) is 0 Å². The van der Waals surface area contributed by atoms with E-state index in [9.17, 15) is 9.90 Å².